The van der Waals surface area contributed by atoms with Crippen molar-refractivity contribution in [2.24, 2.45) is 0 Å². The van der Waals surface area contributed by atoms with Gasteiger partial charge >= 0.3 is 0 Å². The normalized spacial score (nSPS) is 18.1. The second-order valence-corrected chi connectivity index (χ2v) is 11.4. The summed E-state index contributed by atoms with van der Waals surface area (Å²) in [5.41, 5.74) is 5.67. The Kier molecular flexibility index (Phi) is 9.38. The van der Waals surface area contributed by atoms with Gasteiger partial charge < -0.3 is 5.32 Å². The van der Waals surface area contributed by atoms with Crippen molar-refractivity contribution in [1.82, 2.24) is 10.2 Å². The highest BCUT2D eigenvalue weighted by Gasteiger charge is 2.37. The van der Waals surface area contributed by atoms with E-state index < -0.39 is 0 Å². The van der Waals surface area contributed by atoms with Crippen molar-refractivity contribution in [3.63, 3.8) is 0 Å². The lowest BCUT2D eigenvalue weighted by atomic mass is 9.92. The molecule has 204 valence electrons. The second-order valence-electron chi connectivity index (χ2n) is 10.5. The van der Waals surface area contributed by atoms with Crippen molar-refractivity contribution in [3.05, 3.63) is 117 Å². The Balaban J connectivity index is 0.00000353. The van der Waals surface area contributed by atoms with Crippen LogP contribution in [-0.4, -0.2) is 23.9 Å². The molecule has 1 unspecified atom stereocenters. The summed E-state index contributed by atoms with van der Waals surface area (Å²) in [4.78, 5) is 15.0. The van der Waals surface area contributed by atoms with Gasteiger partial charge in [-0.25, -0.2) is 0 Å². The Bertz CT molecular complexity index is 1430. The number of hydrogen-bond donors (Lipinski definition) is 1. The van der Waals surface area contributed by atoms with Gasteiger partial charge in [-0.2, -0.15) is 0 Å². The third-order valence-corrected chi connectivity index (χ3v) is 8.22. The average molecular weight is 562 g/mol. The summed E-state index contributed by atoms with van der Waals surface area (Å²) in [7, 11) is 0. The molecule has 5 heteroatoms. The van der Waals surface area contributed by atoms with Crippen molar-refractivity contribution in [3.8, 4) is 0 Å². The van der Waals surface area contributed by atoms with Crippen LogP contribution in [0, 0.1) is 6.92 Å². The van der Waals surface area contributed by atoms with Gasteiger partial charge in [0.05, 0.1) is 0 Å². The largest absolute Gasteiger partial charge is 0.352 e. The van der Waals surface area contributed by atoms with Crippen LogP contribution in [0.25, 0.3) is 10.8 Å². The maximum absolute atomic E-state index is 12.4. The minimum absolute atomic E-state index is 0. The molecule has 1 fully saturated rings. The number of carbonyl (C=O) groups is 1. The first-order valence-electron chi connectivity index (χ1n) is 13.4. The number of hydrogen-bond acceptors (Lipinski definition) is 2. The fourth-order valence-electron chi connectivity index (χ4n) is 5.71. The first-order chi connectivity index (χ1) is 18.3. The highest BCUT2D eigenvalue weighted by Crippen LogP contribution is 2.46. The maximum atomic E-state index is 12.4. The van der Waals surface area contributed by atoms with E-state index in [1.807, 2.05) is 12.1 Å². The van der Waals surface area contributed by atoms with Gasteiger partial charge in [0, 0.05) is 40.8 Å². The molecule has 0 saturated carbocycles. The number of nitrogens with one attached hydrogen (secondary N) is 1. The number of halogens is 2. The van der Waals surface area contributed by atoms with Crippen LogP contribution in [0.5, 0.6) is 0 Å². The van der Waals surface area contributed by atoms with E-state index in [4.69, 9.17) is 23.2 Å². The summed E-state index contributed by atoms with van der Waals surface area (Å²) in [5.74, 6) is 0.292. The summed E-state index contributed by atoms with van der Waals surface area (Å²) in [6.45, 7) is 8.03. The smallest absolute Gasteiger partial charge is 0.251 e. The molecule has 1 N–H and O–H groups in total. The van der Waals surface area contributed by atoms with Gasteiger partial charge in [-0.3, -0.25) is 9.69 Å². The molecule has 4 aromatic rings. The van der Waals surface area contributed by atoms with E-state index >= 15 is 0 Å². The molecule has 0 aliphatic carbocycles. The molecular weight excluding hydrogens is 523 g/mol. The number of carbonyl (C=O) groups excluding carboxylic acids is 1. The van der Waals surface area contributed by atoms with Gasteiger partial charge in [0.2, 0.25) is 0 Å². The molecule has 0 radical (unpaired) electrons. The molecule has 4 aromatic carbocycles. The summed E-state index contributed by atoms with van der Waals surface area (Å²) in [6, 6.07) is 27.9. The lowest BCUT2D eigenvalue weighted by Crippen LogP contribution is -2.27. The van der Waals surface area contributed by atoms with Crippen molar-refractivity contribution in [2.75, 3.05) is 13.1 Å². The minimum Gasteiger partial charge on any atom is -0.352 e. The number of benzene rings is 4. The van der Waals surface area contributed by atoms with Gasteiger partial charge in [0.1, 0.15) is 0 Å². The molecule has 1 heterocycles. The molecule has 3 nitrogen and oxygen atoms in total. The quantitative estimate of drug-likeness (QED) is 0.244. The van der Waals surface area contributed by atoms with E-state index in [1.165, 1.54) is 33.0 Å². The number of aryl methyl sites for hydroxylation is 1. The fourth-order valence-corrected chi connectivity index (χ4v) is 6.25. The zero-order chi connectivity index (χ0) is 26.8. The summed E-state index contributed by atoms with van der Waals surface area (Å²) in [6.07, 6.45) is 1.90. The van der Waals surface area contributed by atoms with Gasteiger partial charge in [0.15, 0.2) is 0 Å². The number of fused-ring (bicyclic) bond motifs is 1. The van der Waals surface area contributed by atoms with Gasteiger partial charge in [-0.15, -0.1) is 0 Å². The third kappa shape index (κ3) is 6.49. The number of rotatable bonds is 7. The van der Waals surface area contributed by atoms with Crippen LogP contribution in [0.4, 0.5) is 0 Å². The van der Waals surface area contributed by atoms with E-state index in [-0.39, 0.29) is 25.4 Å². The Morgan fingerprint density at radius 2 is 1.59 bits per heavy atom. The predicted octanol–water partition coefficient (Wildman–Crippen LogP) is 9.52. The van der Waals surface area contributed by atoms with Crippen molar-refractivity contribution < 1.29 is 4.79 Å². The maximum Gasteiger partial charge on any atom is 0.251 e. The van der Waals surface area contributed by atoms with Gasteiger partial charge in [0.25, 0.3) is 5.91 Å². The molecule has 1 saturated heterocycles. The number of nitrogens with zero attached hydrogens (tertiary/aromatic N) is 1. The summed E-state index contributed by atoms with van der Waals surface area (Å²) in [5, 5.41) is 6.84. The molecule has 0 spiro atoms. The Morgan fingerprint density at radius 3 is 2.28 bits per heavy atom. The Morgan fingerprint density at radius 1 is 0.923 bits per heavy atom. The molecule has 5 rings (SSSR count). The topological polar surface area (TPSA) is 32.3 Å². The van der Waals surface area contributed by atoms with Crippen LogP contribution in [-0.2, 0) is 0 Å². The molecule has 0 bridgehead atoms. The summed E-state index contributed by atoms with van der Waals surface area (Å²) >= 11 is 12.8. The molecular formula is C34H38Cl2N2O. The van der Waals surface area contributed by atoms with Crippen molar-refractivity contribution in [2.45, 2.75) is 59.0 Å². The highest BCUT2D eigenvalue weighted by atomic mass is 35.5. The lowest BCUT2D eigenvalue weighted by molar-refractivity contribution is 0.0953. The monoisotopic (exact) mass is 560 g/mol. The van der Waals surface area contributed by atoms with E-state index in [2.05, 4.69) is 91.7 Å². The van der Waals surface area contributed by atoms with E-state index in [0.29, 0.717) is 28.1 Å². The van der Waals surface area contributed by atoms with Crippen LogP contribution in [0.15, 0.2) is 78.9 Å². The molecule has 0 aromatic heterocycles. The van der Waals surface area contributed by atoms with E-state index in [0.717, 1.165) is 19.4 Å². The first kappa shape index (κ1) is 29.1. The standard InChI is InChI=1S/C33H34Cl2N2O.CH4/c1-4-13-36-33(38)24-9-7-23(8-10-24)22(3)37-20-29(28-16-30(34)19-31(35)17-28)18-32(37)27-12-11-25-14-21(2)5-6-26(25)15-27;/h5-12,14-17,19,22,29,32H,4,13,18,20H2,1-3H3,(H,36,38);1H4/t22?,29-,32+;/m0./s1. The molecule has 3 atom stereocenters. The number of likely N-dealkylation sites (tertiary alicyclic amines) is 1. The molecule has 39 heavy (non-hydrogen) atoms. The van der Waals surface area contributed by atoms with Crippen LogP contribution in [0.3, 0.4) is 0 Å². The van der Waals surface area contributed by atoms with E-state index in [9.17, 15) is 4.79 Å². The fraction of sp³-hybridized carbons (Fsp3) is 0.324. The molecule has 1 amide bonds. The highest BCUT2D eigenvalue weighted by molar-refractivity contribution is 6.34. The van der Waals surface area contributed by atoms with Crippen molar-refractivity contribution in [1.29, 1.82) is 0 Å². The molecule has 1 aliphatic rings. The number of amides is 1. The second kappa shape index (κ2) is 12.6. The zero-order valence-corrected chi connectivity index (χ0v) is 23.7. The molecule has 1 aliphatic heterocycles. The van der Waals surface area contributed by atoms with Crippen LogP contribution >= 0.6 is 23.2 Å². The minimum atomic E-state index is -0.0191. The zero-order valence-electron chi connectivity index (χ0n) is 22.2. The first-order valence-corrected chi connectivity index (χ1v) is 14.2. The van der Waals surface area contributed by atoms with Crippen LogP contribution in [0.2, 0.25) is 10.0 Å². The third-order valence-electron chi connectivity index (χ3n) is 7.79. The SMILES string of the molecule is C.CCCNC(=O)c1ccc(C(C)N2C[C@@H](c3cc(Cl)cc(Cl)c3)C[C@@H]2c2ccc3cc(C)ccc3c2)cc1. The van der Waals surface area contributed by atoms with Crippen LogP contribution < -0.4 is 5.32 Å². The lowest BCUT2D eigenvalue weighted by Gasteiger charge is -2.31. The average Bonchev–Trinajstić information content (AvgIpc) is 3.36. The van der Waals surface area contributed by atoms with Gasteiger partial charge in [-0.1, -0.05) is 85.6 Å². The Labute approximate surface area is 243 Å². The summed E-state index contributed by atoms with van der Waals surface area (Å²) < 4.78 is 0. The van der Waals surface area contributed by atoms with Crippen molar-refractivity contribution >= 4 is 39.9 Å². The van der Waals surface area contributed by atoms with Gasteiger partial charge in [-0.05, 0) is 96.5 Å². The van der Waals surface area contributed by atoms with E-state index in [1.54, 1.807) is 6.07 Å². The Hall–Kier alpha value is -2.85. The van der Waals surface area contributed by atoms with Crippen LogP contribution in [0.1, 0.15) is 84.7 Å². The predicted molar refractivity (Wildman–Crippen MR) is 166 cm³/mol.